The van der Waals surface area contributed by atoms with E-state index in [9.17, 15) is 4.79 Å². The molecule has 4 aromatic rings. The van der Waals surface area contributed by atoms with E-state index in [1.807, 2.05) is 66.2 Å². The highest BCUT2D eigenvalue weighted by atomic mass is 35.5. The van der Waals surface area contributed by atoms with E-state index in [2.05, 4.69) is 15.3 Å². The Morgan fingerprint density at radius 3 is 2.69 bits per heavy atom. The van der Waals surface area contributed by atoms with E-state index in [-0.39, 0.29) is 5.91 Å². The molecule has 0 aliphatic heterocycles. The van der Waals surface area contributed by atoms with Crippen molar-refractivity contribution in [1.29, 1.82) is 0 Å². The lowest BCUT2D eigenvalue weighted by atomic mass is 10.1. The first kappa shape index (κ1) is 19.4. The molecule has 1 N–H and O–H groups in total. The van der Waals surface area contributed by atoms with Gasteiger partial charge in [0, 0.05) is 34.9 Å². The van der Waals surface area contributed by atoms with E-state index < -0.39 is 0 Å². The summed E-state index contributed by atoms with van der Waals surface area (Å²) in [7, 11) is 0. The minimum absolute atomic E-state index is 0.105. The molecular formula is C22H19ClN4OS. The summed E-state index contributed by atoms with van der Waals surface area (Å²) in [4.78, 5) is 22.2. The van der Waals surface area contributed by atoms with Gasteiger partial charge in [0.15, 0.2) is 0 Å². The topological polar surface area (TPSA) is 59.8 Å². The first-order chi connectivity index (χ1) is 14.1. The number of benzene rings is 2. The fourth-order valence-electron chi connectivity index (χ4n) is 2.96. The maximum atomic E-state index is 12.5. The predicted molar refractivity (Wildman–Crippen MR) is 116 cm³/mol. The molecule has 0 fully saturated rings. The van der Waals surface area contributed by atoms with Crippen LogP contribution >= 0.6 is 22.9 Å². The van der Waals surface area contributed by atoms with Crippen LogP contribution in [0.5, 0.6) is 0 Å². The van der Waals surface area contributed by atoms with Crippen LogP contribution < -0.4 is 5.32 Å². The quantitative estimate of drug-likeness (QED) is 0.478. The van der Waals surface area contributed by atoms with Crippen molar-refractivity contribution < 1.29 is 4.79 Å². The molecule has 0 aliphatic carbocycles. The highest BCUT2D eigenvalue weighted by Crippen LogP contribution is 2.32. The molecule has 5 nitrogen and oxygen atoms in total. The van der Waals surface area contributed by atoms with Gasteiger partial charge in [-0.2, -0.15) is 0 Å². The molecule has 0 spiro atoms. The molecule has 0 radical (unpaired) electrons. The molecule has 0 saturated carbocycles. The van der Waals surface area contributed by atoms with Crippen LogP contribution in [0.4, 0.5) is 0 Å². The molecule has 1 amide bonds. The van der Waals surface area contributed by atoms with Crippen LogP contribution in [0.15, 0.2) is 67.3 Å². The number of rotatable bonds is 6. The lowest BCUT2D eigenvalue weighted by molar-refractivity contribution is 0.0951. The number of aryl methyl sites for hydroxylation is 1. The maximum Gasteiger partial charge on any atom is 0.251 e. The average molecular weight is 423 g/mol. The van der Waals surface area contributed by atoms with Crippen LogP contribution in [0.3, 0.4) is 0 Å². The number of amides is 1. The highest BCUT2D eigenvalue weighted by Gasteiger charge is 2.13. The highest BCUT2D eigenvalue weighted by molar-refractivity contribution is 7.15. The number of carbonyl (C=O) groups is 1. The number of thiazole rings is 1. The van der Waals surface area contributed by atoms with E-state index >= 15 is 0 Å². The van der Waals surface area contributed by atoms with Crippen LogP contribution in [-0.4, -0.2) is 20.4 Å². The number of carbonyl (C=O) groups excluding carboxylic acids is 1. The molecule has 2 heterocycles. The van der Waals surface area contributed by atoms with E-state index in [1.54, 1.807) is 23.9 Å². The summed E-state index contributed by atoms with van der Waals surface area (Å²) in [6.45, 7) is 3.11. The van der Waals surface area contributed by atoms with Crippen LogP contribution in [0.2, 0.25) is 5.02 Å². The molecule has 4 rings (SSSR count). The summed E-state index contributed by atoms with van der Waals surface area (Å²) >= 11 is 7.83. The molecule has 2 aromatic carbocycles. The third kappa shape index (κ3) is 4.55. The van der Waals surface area contributed by atoms with Crippen LogP contribution in [0, 0.1) is 6.92 Å². The Hall–Kier alpha value is -2.96. The Morgan fingerprint density at radius 2 is 1.97 bits per heavy atom. The monoisotopic (exact) mass is 422 g/mol. The maximum absolute atomic E-state index is 12.5. The number of aromatic nitrogens is 3. The average Bonchev–Trinajstić information content (AvgIpc) is 3.36. The van der Waals surface area contributed by atoms with Crippen LogP contribution in [-0.2, 0) is 13.1 Å². The van der Waals surface area contributed by atoms with Gasteiger partial charge in [0.25, 0.3) is 5.91 Å². The minimum Gasteiger partial charge on any atom is -0.347 e. The lowest BCUT2D eigenvalue weighted by Crippen LogP contribution is -2.22. The molecule has 146 valence electrons. The Kier molecular flexibility index (Phi) is 5.74. The summed E-state index contributed by atoms with van der Waals surface area (Å²) in [6, 6.07) is 15.3. The smallest absolute Gasteiger partial charge is 0.251 e. The van der Waals surface area contributed by atoms with Crippen molar-refractivity contribution in [2.24, 2.45) is 0 Å². The number of halogens is 1. The fourth-order valence-corrected chi connectivity index (χ4v) is 4.28. The van der Waals surface area contributed by atoms with E-state index in [4.69, 9.17) is 11.6 Å². The lowest BCUT2D eigenvalue weighted by Gasteiger charge is -2.06. The van der Waals surface area contributed by atoms with Crippen molar-refractivity contribution in [2.45, 2.75) is 20.0 Å². The Balaban J connectivity index is 1.40. The van der Waals surface area contributed by atoms with E-state index in [0.29, 0.717) is 17.1 Å². The van der Waals surface area contributed by atoms with Gasteiger partial charge < -0.3 is 9.88 Å². The molecule has 0 atom stereocenters. The number of nitrogens with one attached hydrogen (secondary N) is 1. The Bertz CT molecular complexity index is 1120. The van der Waals surface area contributed by atoms with Gasteiger partial charge in [0.2, 0.25) is 0 Å². The van der Waals surface area contributed by atoms with Crippen molar-refractivity contribution in [1.82, 2.24) is 19.9 Å². The van der Waals surface area contributed by atoms with Gasteiger partial charge in [0.1, 0.15) is 5.01 Å². The number of hydrogen-bond acceptors (Lipinski definition) is 4. The van der Waals surface area contributed by atoms with Gasteiger partial charge in [-0.1, -0.05) is 41.9 Å². The molecule has 0 aliphatic rings. The third-order valence-corrected chi connectivity index (χ3v) is 6.07. The van der Waals surface area contributed by atoms with E-state index in [0.717, 1.165) is 33.3 Å². The first-order valence-corrected chi connectivity index (χ1v) is 10.3. The van der Waals surface area contributed by atoms with Crippen LogP contribution in [0.1, 0.15) is 26.5 Å². The first-order valence-electron chi connectivity index (χ1n) is 9.14. The zero-order chi connectivity index (χ0) is 20.2. The van der Waals surface area contributed by atoms with Gasteiger partial charge in [-0.05, 0) is 30.7 Å². The second-order valence-electron chi connectivity index (χ2n) is 6.62. The van der Waals surface area contributed by atoms with Crippen molar-refractivity contribution in [3.8, 4) is 10.6 Å². The third-order valence-electron chi connectivity index (χ3n) is 4.55. The minimum atomic E-state index is -0.105. The molecule has 29 heavy (non-hydrogen) atoms. The standard InChI is InChI=1S/C22H19ClN4OS/c1-15-20(29-22(26-15)18-4-2-3-5-19(18)23)12-25-21(28)17-8-6-16(7-9-17)13-27-11-10-24-14-27/h2-11,14H,12-13H2,1H3,(H,25,28). The second-order valence-corrected chi connectivity index (χ2v) is 8.11. The SMILES string of the molecule is Cc1nc(-c2ccccc2Cl)sc1CNC(=O)c1ccc(Cn2ccnc2)cc1. The summed E-state index contributed by atoms with van der Waals surface area (Å²) in [5.41, 5.74) is 3.56. The van der Waals surface area contributed by atoms with Gasteiger partial charge in [-0.15, -0.1) is 11.3 Å². The number of nitrogens with zero attached hydrogens (tertiary/aromatic N) is 3. The molecule has 0 saturated heterocycles. The normalized spacial score (nSPS) is 10.8. The van der Waals surface area contributed by atoms with Crippen molar-refractivity contribution in [2.75, 3.05) is 0 Å². The zero-order valence-electron chi connectivity index (χ0n) is 15.8. The van der Waals surface area contributed by atoms with Gasteiger partial charge in [-0.25, -0.2) is 9.97 Å². The van der Waals surface area contributed by atoms with Gasteiger partial charge >= 0.3 is 0 Å². The van der Waals surface area contributed by atoms with Crippen LogP contribution in [0.25, 0.3) is 10.6 Å². The van der Waals surface area contributed by atoms with Crippen molar-refractivity contribution in [3.63, 3.8) is 0 Å². The molecular weight excluding hydrogens is 404 g/mol. The summed E-state index contributed by atoms with van der Waals surface area (Å²) in [5, 5.41) is 4.52. The van der Waals surface area contributed by atoms with Gasteiger partial charge in [0.05, 0.1) is 23.6 Å². The fraction of sp³-hybridized carbons (Fsp3) is 0.136. The summed E-state index contributed by atoms with van der Waals surface area (Å²) in [6.07, 6.45) is 5.43. The van der Waals surface area contributed by atoms with E-state index in [1.165, 1.54) is 0 Å². The Morgan fingerprint density at radius 1 is 1.17 bits per heavy atom. The number of imidazole rings is 1. The summed E-state index contributed by atoms with van der Waals surface area (Å²) in [5.74, 6) is -0.105. The largest absolute Gasteiger partial charge is 0.347 e. The zero-order valence-corrected chi connectivity index (χ0v) is 17.4. The Labute approximate surface area is 178 Å². The number of hydrogen-bond donors (Lipinski definition) is 1. The van der Waals surface area contributed by atoms with Crippen molar-refractivity contribution >= 4 is 28.8 Å². The molecule has 0 unspecified atom stereocenters. The molecule has 0 bridgehead atoms. The second kappa shape index (κ2) is 8.59. The molecule has 2 aromatic heterocycles. The molecule has 7 heteroatoms. The van der Waals surface area contributed by atoms with Gasteiger partial charge in [-0.3, -0.25) is 4.79 Å². The predicted octanol–water partition coefficient (Wildman–Crippen LogP) is 4.95. The van der Waals surface area contributed by atoms with Crippen molar-refractivity contribution in [3.05, 3.63) is 94.0 Å². The summed E-state index contributed by atoms with van der Waals surface area (Å²) < 4.78 is 1.98.